The number of piperazine rings is 1. The highest BCUT2D eigenvalue weighted by atomic mass is 35.5. The normalized spacial score (nSPS) is 14.1. The number of benzene rings is 2. The topological polar surface area (TPSA) is 49.9 Å². The van der Waals surface area contributed by atoms with Gasteiger partial charge in [-0.05, 0) is 55.0 Å². The quantitative estimate of drug-likeness (QED) is 0.691. The van der Waals surface area contributed by atoms with Crippen LogP contribution in [0.25, 0.3) is 0 Å². The van der Waals surface area contributed by atoms with Crippen LogP contribution in [-0.2, 0) is 4.79 Å². The van der Waals surface area contributed by atoms with Gasteiger partial charge in [-0.3, -0.25) is 9.59 Å². The first-order valence-corrected chi connectivity index (χ1v) is 9.62. The molecule has 0 aromatic heterocycles. The summed E-state index contributed by atoms with van der Waals surface area (Å²) in [6.07, 6.45) is 0.965. The number of carbonyl (C=O) groups is 2. The minimum absolute atomic E-state index is 0.0449. The number of hydrogen-bond acceptors (Lipinski definition) is 3. The number of amides is 2. The van der Waals surface area contributed by atoms with E-state index in [1.807, 2.05) is 0 Å². The lowest BCUT2D eigenvalue weighted by atomic mass is 10.1. The molecule has 0 spiro atoms. The van der Waals surface area contributed by atoms with Crippen molar-refractivity contribution in [1.29, 1.82) is 0 Å². The molecule has 0 aliphatic carbocycles. The van der Waals surface area contributed by atoms with Crippen LogP contribution in [0.4, 0.5) is 4.39 Å². The summed E-state index contributed by atoms with van der Waals surface area (Å²) in [5.74, 6) is 0.289. The van der Waals surface area contributed by atoms with Crippen LogP contribution in [-0.4, -0.2) is 54.4 Å². The SMILES string of the molecule is O=C(CCCOc1ccc(F)cc1)N1CCN(C(=O)c2ccc(Cl)cc2)CC1. The van der Waals surface area contributed by atoms with Crippen molar-refractivity contribution in [3.63, 3.8) is 0 Å². The Balaban J connectivity index is 1.38. The minimum Gasteiger partial charge on any atom is -0.494 e. The summed E-state index contributed by atoms with van der Waals surface area (Å²) in [5.41, 5.74) is 0.599. The number of ether oxygens (including phenoxy) is 1. The highest BCUT2D eigenvalue weighted by Crippen LogP contribution is 2.14. The van der Waals surface area contributed by atoms with E-state index in [1.54, 1.807) is 46.2 Å². The second-order valence-corrected chi connectivity index (χ2v) is 7.02. The van der Waals surface area contributed by atoms with Gasteiger partial charge in [0, 0.05) is 43.2 Å². The fraction of sp³-hybridized carbons (Fsp3) is 0.333. The van der Waals surface area contributed by atoms with Crippen molar-refractivity contribution in [1.82, 2.24) is 9.80 Å². The Labute approximate surface area is 168 Å². The highest BCUT2D eigenvalue weighted by molar-refractivity contribution is 6.30. The van der Waals surface area contributed by atoms with Gasteiger partial charge in [0.1, 0.15) is 11.6 Å². The van der Waals surface area contributed by atoms with E-state index in [0.717, 1.165) is 0 Å². The largest absolute Gasteiger partial charge is 0.494 e. The molecule has 1 heterocycles. The standard InChI is InChI=1S/C21H22ClFN2O3/c22-17-5-3-16(4-6-17)21(27)25-13-11-24(12-14-25)20(26)2-1-15-28-19-9-7-18(23)8-10-19/h3-10H,1-2,11-15H2. The number of halogens is 2. The molecule has 7 heteroatoms. The fourth-order valence-electron chi connectivity index (χ4n) is 3.04. The Hall–Kier alpha value is -2.60. The van der Waals surface area contributed by atoms with Crippen molar-refractivity contribution in [2.45, 2.75) is 12.8 Å². The molecule has 1 saturated heterocycles. The third-order valence-electron chi connectivity index (χ3n) is 4.63. The Morgan fingerprint density at radius 3 is 2.18 bits per heavy atom. The van der Waals surface area contributed by atoms with Gasteiger partial charge in [0.15, 0.2) is 0 Å². The van der Waals surface area contributed by atoms with E-state index in [2.05, 4.69) is 0 Å². The van der Waals surface area contributed by atoms with E-state index in [0.29, 0.717) is 62.0 Å². The third-order valence-corrected chi connectivity index (χ3v) is 4.88. The van der Waals surface area contributed by atoms with E-state index in [1.165, 1.54) is 12.1 Å². The number of carbonyl (C=O) groups excluding carboxylic acids is 2. The van der Waals surface area contributed by atoms with Crippen LogP contribution in [0.1, 0.15) is 23.2 Å². The van der Waals surface area contributed by atoms with Gasteiger partial charge in [-0.2, -0.15) is 0 Å². The van der Waals surface area contributed by atoms with Crippen molar-refractivity contribution in [2.75, 3.05) is 32.8 Å². The van der Waals surface area contributed by atoms with Gasteiger partial charge >= 0.3 is 0 Å². The predicted molar refractivity (Wildman–Crippen MR) is 105 cm³/mol. The van der Waals surface area contributed by atoms with E-state index >= 15 is 0 Å². The van der Waals surface area contributed by atoms with Gasteiger partial charge in [-0.15, -0.1) is 0 Å². The van der Waals surface area contributed by atoms with Crippen molar-refractivity contribution >= 4 is 23.4 Å². The molecular formula is C21H22ClFN2O3. The molecular weight excluding hydrogens is 383 g/mol. The van der Waals surface area contributed by atoms with Crippen molar-refractivity contribution < 1.29 is 18.7 Å². The average molecular weight is 405 g/mol. The molecule has 28 heavy (non-hydrogen) atoms. The Morgan fingerprint density at radius 1 is 0.929 bits per heavy atom. The summed E-state index contributed by atoms with van der Waals surface area (Å²) in [6.45, 7) is 2.47. The molecule has 0 bridgehead atoms. The van der Waals surface area contributed by atoms with Gasteiger partial charge in [-0.1, -0.05) is 11.6 Å². The molecule has 1 aliphatic rings. The van der Waals surface area contributed by atoms with Crippen LogP contribution < -0.4 is 4.74 Å². The maximum absolute atomic E-state index is 12.8. The lowest BCUT2D eigenvalue weighted by Crippen LogP contribution is -2.50. The second kappa shape index (κ2) is 9.55. The number of hydrogen-bond donors (Lipinski definition) is 0. The molecule has 0 radical (unpaired) electrons. The molecule has 0 saturated carbocycles. The lowest BCUT2D eigenvalue weighted by Gasteiger charge is -2.35. The Bertz CT molecular complexity index is 803. The zero-order valence-corrected chi connectivity index (χ0v) is 16.2. The molecule has 0 atom stereocenters. The summed E-state index contributed by atoms with van der Waals surface area (Å²) in [6, 6.07) is 12.6. The zero-order chi connectivity index (χ0) is 19.9. The molecule has 3 rings (SSSR count). The molecule has 2 aromatic carbocycles. The number of nitrogens with zero attached hydrogens (tertiary/aromatic N) is 2. The molecule has 0 unspecified atom stereocenters. The summed E-state index contributed by atoms with van der Waals surface area (Å²) >= 11 is 5.86. The smallest absolute Gasteiger partial charge is 0.253 e. The second-order valence-electron chi connectivity index (χ2n) is 6.59. The molecule has 148 valence electrons. The van der Waals surface area contributed by atoms with Gasteiger partial charge in [0.25, 0.3) is 5.91 Å². The summed E-state index contributed by atoms with van der Waals surface area (Å²) in [4.78, 5) is 28.4. The average Bonchev–Trinajstić information content (AvgIpc) is 2.72. The van der Waals surface area contributed by atoms with Crippen LogP contribution in [0.5, 0.6) is 5.75 Å². The summed E-state index contributed by atoms with van der Waals surface area (Å²) in [7, 11) is 0. The molecule has 1 fully saturated rings. The molecule has 2 aromatic rings. The third kappa shape index (κ3) is 5.45. The first-order valence-electron chi connectivity index (χ1n) is 9.24. The Kier molecular flexibility index (Phi) is 6.87. The van der Waals surface area contributed by atoms with Crippen LogP contribution in [0.3, 0.4) is 0 Å². The monoisotopic (exact) mass is 404 g/mol. The lowest BCUT2D eigenvalue weighted by molar-refractivity contribution is -0.132. The van der Waals surface area contributed by atoms with E-state index in [-0.39, 0.29) is 17.6 Å². The fourth-order valence-corrected chi connectivity index (χ4v) is 3.16. The Morgan fingerprint density at radius 2 is 1.54 bits per heavy atom. The first-order chi connectivity index (χ1) is 13.5. The molecule has 1 aliphatic heterocycles. The van der Waals surface area contributed by atoms with Crippen molar-refractivity contribution in [2.24, 2.45) is 0 Å². The van der Waals surface area contributed by atoms with E-state index < -0.39 is 0 Å². The zero-order valence-electron chi connectivity index (χ0n) is 15.4. The van der Waals surface area contributed by atoms with Crippen LogP contribution in [0.2, 0.25) is 5.02 Å². The molecule has 0 N–H and O–H groups in total. The highest BCUT2D eigenvalue weighted by Gasteiger charge is 2.24. The minimum atomic E-state index is -0.309. The van der Waals surface area contributed by atoms with Crippen LogP contribution in [0, 0.1) is 5.82 Å². The van der Waals surface area contributed by atoms with E-state index in [9.17, 15) is 14.0 Å². The van der Waals surface area contributed by atoms with Crippen LogP contribution in [0.15, 0.2) is 48.5 Å². The van der Waals surface area contributed by atoms with Crippen LogP contribution >= 0.6 is 11.6 Å². The van der Waals surface area contributed by atoms with Gasteiger partial charge < -0.3 is 14.5 Å². The van der Waals surface area contributed by atoms with Gasteiger partial charge in [-0.25, -0.2) is 4.39 Å². The molecule has 2 amide bonds. The van der Waals surface area contributed by atoms with Crippen molar-refractivity contribution in [3.8, 4) is 5.75 Å². The maximum Gasteiger partial charge on any atom is 0.253 e. The maximum atomic E-state index is 12.8. The summed E-state index contributed by atoms with van der Waals surface area (Å²) < 4.78 is 18.3. The first kappa shape index (κ1) is 20.1. The predicted octanol–water partition coefficient (Wildman–Crippen LogP) is 3.62. The van der Waals surface area contributed by atoms with Gasteiger partial charge in [0.2, 0.25) is 5.91 Å². The van der Waals surface area contributed by atoms with Crippen molar-refractivity contribution in [3.05, 3.63) is 64.9 Å². The van der Waals surface area contributed by atoms with E-state index in [4.69, 9.17) is 16.3 Å². The summed E-state index contributed by atoms with van der Waals surface area (Å²) in [5, 5.41) is 0.593. The van der Waals surface area contributed by atoms with Gasteiger partial charge in [0.05, 0.1) is 6.61 Å². The number of rotatable bonds is 6. The molecule has 5 nitrogen and oxygen atoms in total.